The number of hydrogen-bond acceptors (Lipinski definition) is 9. The fourth-order valence-corrected chi connectivity index (χ4v) is 3.86. The van der Waals surface area contributed by atoms with Gasteiger partial charge < -0.3 is 25.3 Å². The Kier molecular flexibility index (Phi) is 7.48. The van der Waals surface area contributed by atoms with Gasteiger partial charge in [-0.2, -0.15) is 9.67 Å². The lowest BCUT2D eigenvalue weighted by atomic mass is 10.1. The molecule has 3 aromatic rings. The molecule has 1 aliphatic rings. The summed E-state index contributed by atoms with van der Waals surface area (Å²) in [5, 5.41) is 7.28. The molecule has 0 aliphatic carbocycles. The lowest BCUT2D eigenvalue weighted by Gasteiger charge is -2.26. The van der Waals surface area contributed by atoms with Crippen LogP contribution in [0.4, 0.5) is 17.6 Å². The monoisotopic (exact) mass is 466 g/mol. The Morgan fingerprint density at radius 3 is 2.47 bits per heavy atom. The lowest BCUT2D eigenvalue weighted by molar-refractivity contribution is 0.0947. The zero-order chi connectivity index (χ0) is 23.9. The molecule has 3 N–H and O–H groups in total. The normalized spacial score (nSPS) is 13.9. The van der Waals surface area contributed by atoms with Crippen molar-refractivity contribution >= 4 is 23.5 Å². The van der Waals surface area contributed by atoms with Gasteiger partial charge in [0.15, 0.2) is 11.5 Å². The van der Waals surface area contributed by atoms with E-state index in [1.165, 1.54) is 33.5 Å². The van der Waals surface area contributed by atoms with Gasteiger partial charge in [0.2, 0.25) is 11.9 Å². The number of nitrogens with one attached hydrogen (secondary N) is 1. The number of benzene rings is 2. The summed E-state index contributed by atoms with van der Waals surface area (Å²) >= 11 is 0. The van der Waals surface area contributed by atoms with Crippen molar-refractivity contribution in [2.24, 2.45) is 0 Å². The first-order valence-corrected chi connectivity index (χ1v) is 11.3. The molecule has 0 atom stereocenters. The van der Waals surface area contributed by atoms with Crippen LogP contribution >= 0.6 is 0 Å². The van der Waals surface area contributed by atoms with Crippen molar-refractivity contribution in [1.29, 1.82) is 0 Å². The third-order valence-corrected chi connectivity index (χ3v) is 5.69. The second-order valence-corrected chi connectivity index (χ2v) is 7.98. The van der Waals surface area contributed by atoms with Crippen molar-refractivity contribution in [1.82, 2.24) is 19.7 Å². The van der Waals surface area contributed by atoms with E-state index in [4.69, 9.17) is 19.9 Å². The van der Waals surface area contributed by atoms with E-state index in [2.05, 4.69) is 20.3 Å². The number of hydrogen-bond donors (Lipinski definition) is 2. The number of aromatic nitrogens is 3. The fraction of sp³-hybridized carbons (Fsp3) is 0.375. The summed E-state index contributed by atoms with van der Waals surface area (Å²) in [7, 11) is 3.03. The third-order valence-electron chi connectivity index (χ3n) is 5.69. The van der Waals surface area contributed by atoms with E-state index in [-0.39, 0.29) is 11.9 Å². The molecule has 4 rings (SSSR count). The van der Waals surface area contributed by atoms with Crippen LogP contribution < -0.4 is 25.3 Å². The molecule has 0 amide bonds. The van der Waals surface area contributed by atoms with E-state index < -0.39 is 5.91 Å². The molecule has 1 fully saturated rings. The molecule has 0 bridgehead atoms. The average Bonchev–Trinajstić information content (AvgIpc) is 3.24. The maximum Gasteiger partial charge on any atom is 0.281 e. The molecule has 2 heterocycles. The fourth-order valence-electron chi connectivity index (χ4n) is 3.86. The highest BCUT2D eigenvalue weighted by molar-refractivity contribution is 5.97. The number of anilines is 3. The Morgan fingerprint density at radius 1 is 1.03 bits per heavy atom. The van der Waals surface area contributed by atoms with Gasteiger partial charge in [0.05, 0.1) is 14.2 Å². The van der Waals surface area contributed by atoms with Crippen molar-refractivity contribution in [3.05, 3.63) is 48.0 Å². The number of nitrogens with two attached hydrogens (primary N) is 1. The van der Waals surface area contributed by atoms with E-state index in [1.807, 2.05) is 24.3 Å². The predicted molar refractivity (Wildman–Crippen MR) is 129 cm³/mol. The van der Waals surface area contributed by atoms with Crippen molar-refractivity contribution in [2.45, 2.75) is 19.3 Å². The van der Waals surface area contributed by atoms with Crippen molar-refractivity contribution in [3.63, 3.8) is 0 Å². The van der Waals surface area contributed by atoms with Gasteiger partial charge in [0.1, 0.15) is 12.4 Å². The molecule has 0 radical (unpaired) electrons. The second-order valence-electron chi connectivity index (χ2n) is 7.98. The van der Waals surface area contributed by atoms with Gasteiger partial charge in [0.25, 0.3) is 5.91 Å². The maximum absolute atomic E-state index is 12.9. The minimum absolute atomic E-state index is 0.0278. The number of nitrogen functional groups attached to an aromatic ring is 1. The van der Waals surface area contributed by atoms with E-state index in [0.717, 1.165) is 35.8 Å². The van der Waals surface area contributed by atoms with Crippen LogP contribution in [0.1, 0.15) is 29.6 Å². The highest BCUT2D eigenvalue weighted by Gasteiger charge is 2.18. The van der Waals surface area contributed by atoms with Crippen LogP contribution in [0.15, 0.2) is 42.5 Å². The quantitative estimate of drug-likeness (QED) is 0.490. The first kappa shape index (κ1) is 23.4. The van der Waals surface area contributed by atoms with Gasteiger partial charge in [-0.1, -0.05) is 6.42 Å². The van der Waals surface area contributed by atoms with Crippen molar-refractivity contribution in [3.8, 4) is 17.2 Å². The SMILES string of the molecule is COc1ccc(C(=O)n2nc(Nc3ccc(OCCN4CCCCC4)cc3)nc2N)cc1OC. The Morgan fingerprint density at radius 2 is 1.76 bits per heavy atom. The van der Waals surface area contributed by atoms with Gasteiger partial charge >= 0.3 is 0 Å². The van der Waals surface area contributed by atoms with E-state index in [0.29, 0.717) is 23.7 Å². The van der Waals surface area contributed by atoms with Crippen molar-refractivity contribution in [2.75, 3.05) is 51.5 Å². The van der Waals surface area contributed by atoms with E-state index in [1.54, 1.807) is 18.2 Å². The second kappa shape index (κ2) is 10.9. The van der Waals surface area contributed by atoms with Crippen LogP contribution in [0.5, 0.6) is 17.2 Å². The Hall–Kier alpha value is -3.79. The standard InChI is InChI=1S/C24H30N6O4/c1-32-20-11-6-17(16-21(20)33-2)22(31)30-23(25)27-24(28-30)26-18-7-9-19(10-8-18)34-15-14-29-12-4-3-5-13-29/h6-11,16H,3-5,12-15H2,1-2H3,(H3,25,26,27,28). The third kappa shape index (κ3) is 5.57. The van der Waals surface area contributed by atoms with Crippen LogP contribution in [0.2, 0.25) is 0 Å². The number of nitrogens with zero attached hydrogens (tertiary/aromatic N) is 4. The number of piperidine rings is 1. The summed E-state index contributed by atoms with van der Waals surface area (Å²) in [6.45, 7) is 3.91. The Labute approximate surface area is 198 Å². The van der Waals surface area contributed by atoms with Gasteiger partial charge in [-0.25, -0.2) is 0 Å². The lowest BCUT2D eigenvalue weighted by Crippen LogP contribution is -2.33. The molecule has 0 spiro atoms. The molecule has 180 valence electrons. The van der Waals surface area contributed by atoms with Gasteiger partial charge in [-0.3, -0.25) is 9.69 Å². The van der Waals surface area contributed by atoms with Crippen LogP contribution in [0, 0.1) is 0 Å². The molecule has 34 heavy (non-hydrogen) atoms. The number of likely N-dealkylation sites (tertiary alicyclic amines) is 1. The molecule has 10 heteroatoms. The predicted octanol–water partition coefficient (Wildman–Crippen LogP) is 3.17. The molecule has 1 aliphatic heterocycles. The Balaban J connectivity index is 1.36. The number of methoxy groups -OCH3 is 2. The summed E-state index contributed by atoms with van der Waals surface area (Å²) in [5.41, 5.74) is 7.04. The molecular weight excluding hydrogens is 436 g/mol. The first-order valence-electron chi connectivity index (χ1n) is 11.3. The smallest absolute Gasteiger partial charge is 0.281 e. The number of carbonyl (C=O) groups excluding carboxylic acids is 1. The molecule has 1 aromatic heterocycles. The minimum atomic E-state index is -0.434. The topological polar surface area (TPSA) is 117 Å². The summed E-state index contributed by atoms with van der Waals surface area (Å²) in [6, 6.07) is 12.3. The Bertz CT molecular complexity index is 1110. The molecule has 10 nitrogen and oxygen atoms in total. The van der Waals surface area contributed by atoms with Gasteiger partial charge in [-0.05, 0) is 68.4 Å². The summed E-state index contributed by atoms with van der Waals surface area (Å²) in [6.07, 6.45) is 3.87. The van der Waals surface area contributed by atoms with Crippen LogP contribution in [0.25, 0.3) is 0 Å². The summed E-state index contributed by atoms with van der Waals surface area (Å²) in [5.74, 6) is 1.50. The first-order chi connectivity index (χ1) is 16.6. The largest absolute Gasteiger partial charge is 0.493 e. The number of ether oxygens (including phenoxy) is 3. The van der Waals surface area contributed by atoms with Crippen molar-refractivity contribution < 1.29 is 19.0 Å². The minimum Gasteiger partial charge on any atom is -0.493 e. The summed E-state index contributed by atoms with van der Waals surface area (Å²) in [4.78, 5) is 19.5. The van der Waals surface area contributed by atoms with E-state index in [9.17, 15) is 4.79 Å². The summed E-state index contributed by atoms with van der Waals surface area (Å²) < 4.78 is 17.4. The molecular formula is C24H30N6O4. The molecule has 2 aromatic carbocycles. The van der Waals surface area contributed by atoms with Crippen LogP contribution in [0.3, 0.4) is 0 Å². The molecule has 0 unspecified atom stereocenters. The van der Waals surface area contributed by atoms with E-state index >= 15 is 0 Å². The zero-order valence-corrected chi connectivity index (χ0v) is 19.5. The zero-order valence-electron chi connectivity index (χ0n) is 19.5. The molecule has 1 saturated heterocycles. The number of carbonyl (C=O) groups is 1. The highest BCUT2D eigenvalue weighted by Crippen LogP contribution is 2.28. The maximum atomic E-state index is 12.9. The van der Waals surface area contributed by atoms with Gasteiger partial charge in [-0.15, -0.1) is 5.10 Å². The average molecular weight is 467 g/mol. The van der Waals surface area contributed by atoms with Crippen LogP contribution in [-0.2, 0) is 0 Å². The van der Waals surface area contributed by atoms with Gasteiger partial charge in [0, 0.05) is 17.8 Å². The molecule has 0 saturated carbocycles. The number of rotatable bonds is 9. The highest BCUT2D eigenvalue weighted by atomic mass is 16.5. The van der Waals surface area contributed by atoms with Crippen LogP contribution in [-0.4, -0.2) is 66.0 Å².